The standard InChI is InChI=1S/C12H9N2O3S2/c15-13-9-1-5-11(6-2-9)18-19-12-7-3-10(4-8-12)14(16)17/h1-8,13H/q-1. The lowest BCUT2D eigenvalue weighted by atomic mass is 10.3. The molecule has 98 valence electrons. The van der Waals surface area contributed by atoms with Gasteiger partial charge in [-0.2, -0.15) is 0 Å². The van der Waals surface area contributed by atoms with Gasteiger partial charge in [0.15, 0.2) is 0 Å². The van der Waals surface area contributed by atoms with Crippen LogP contribution in [0.1, 0.15) is 0 Å². The highest BCUT2D eigenvalue weighted by Crippen LogP contribution is 2.38. The van der Waals surface area contributed by atoms with Crippen molar-refractivity contribution >= 4 is 33.0 Å². The Morgan fingerprint density at radius 2 is 1.37 bits per heavy atom. The summed E-state index contributed by atoms with van der Waals surface area (Å²) in [6.45, 7) is 0. The van der Waals surface area contributed by atoms with E-state index >= 15 is 0 Å². The molecule has 0 fully saturated rings. The van der Waals surface area contributed by atoms with E-state index in [4.69, 9.17) is 0 Å². The SMILES string of the molecule is O=[N+]([O-])c1ccc(SSc2ccc(N[O-])cc2)cc1. The van der Waals surface area contributed by atoms with Crippen LogP contribution in [0.25, 0.3) is 0 Å². The first-order valence-corrected chi connectivity index (χ1v) is 7.41. The fraction of sp³-hybridized carbons (Fsp3) is 0. The van der Waals surface area contributed by atoms with Crippen molar-refractivity contribution in [3.8, 4) is 0 Å². The molecule has 2 aromatic carbocycles. The van der Waals surface area contributed by atoms with Crippen molar-refractivity contribution in [3.05, 3.63) is 63.9 Å². The van der Waals surface area contributed by atoms with Gasteiger partial charge in [0.25, 0.3) is 5.69 Å². The highest BCUT2D eigenvalue weighted by molar-refractivity contribution is 8.76. The fourth-order valence-electron chi connectivity index (χ4n) is 1.30. The molecule has 0 bridgehead atoms. The van der Waals surface area contributed by atoms with Gasteiger partial charge in [0.2, 0.25) is 0 Å². The molecular weight excluding hydrogens is 284 g/mol. The van der Waals surface area contributed by atoms with Crippen molar-refractivity contribution in [2.24, 2.45) is 0 Å². The summed E-state index contributed by atoms with van der Waals surface area (Å²) in [6, 6.07) is 13.5. The van der Waals surface area contributed by atoms with Gasteiger partial charge >= 0.3 is 0 Å². The van der Waals surface area contributed by atoms with E-state index < -0.39 is 4.92 Å². The Bertz CT molecular complexity index is 558. The lowest BCUT2D eigenvalue weighted by Crippen LogP contribution is -1.86. The average molecular weight is 293 g/mol. The molecule has 0 aliphatic carbocycles. The fourth-order valence-corrected chi connectivity index (χ4v) is 3.23. The van der Waals surface area contributed by atoms with Crippen LogP contribution in [0.2, 0.25) is 0 Å². The molecule has 0 aliphatic heterocycles. The predicted octanol–water partition coefficient (Wildman–Crippen LogP) is 4.30. The van der Waals surface area contributed by atoms with Crippen LogP contribution in [0.3, 0.4) is 0 Å². The monoisotopic (exact) mass is 293 g/mol. The van der Waals surface area contributed by atoms with Crippen molar-refractivity contribution in [1.82, 2.24) is 0 Å². The number of hydrogen-bond acceptors (Lipinski definition) is 6. The second-order valence-electron chi connectivity index (χ2n) is 3.54. The van der Waals surface area contributed by atoms with Crippen LogP contribution < -0.4 is 5.48 Å². The second kappa shape index (κ2) is 6.46. The Kier molecular flexibility index (Phi) is 4.67. The van der Waals surface area contributed by atoms with Gasteiger partial charge < -0.3 is 10.7 Å². The van der Waals surface area contributed by atoms with Gasteiger partial charge in [-0.15, -0.1) is 0 Å². The minimum absolute atomic E-state index is 0.0835. The normalized spacial score (nSPS) is 10.2. The Morgan fingerprint density at radius 3 is 1.79 bits per heavy atom. The summed E-state index contributed by atoms with van der Waals surface area (Å²) in [5, 5.41) is 20.9. The van der Waals surface area contributed by atoms with Gasteiger partial charge in [-0.3, -0.25) is 10.1 Å². The molecule has 7 heteroatoms. The van der Waals surface area contributed by atoms with E-state index in [1.165, 1.54) is 33.7 Å². The van der Waals surface area contributed by atoms with E-state index in [9.17, 15) is 15.3 Å². The molecule has 0 saturated carbocycles. The number of rotatable bonds is 5. The smallest absolute Gasteiger partial charge is 0.269 e. The number of nitro groups is 1. The summed E-state index contributed by atoms with van der Waals surface area (Å²) >= 11 is 0. The molecule has 0 aliphatic rings. The zero-order valence-electron chi connectivity index (χ0n) is 9.61. The minimum atomic E-state index is -0.420. The van der Waals surface area contributed by atoms with Crippen molar-refractivity contribution in [3.63, 3.8) is 0 Å². The summed E-state index contributed by atoms with van der Waals surface area (Å²) in [6.07, 6.45) is 0. The first kappa shape index (κ1) is 13.7. The maximum absolute atomic E-state index is 10.5. The van der Waals surface area contributed by atoms with Crippen LogP contribution in [0.5, 0.6) is 0 Å². The van der Waals surface area contributed by atoms with Crippen LogP contribution in [0.15, 0.2) is 58.3 Å². The number of non-ortho nitro benzene ring substituents is 1. The number of nitrogens with zero attached hydrogens (tertiary/aromatic N) is 1. The average Bonchev–Trinajstić information content (AvgIpc) is 2.46. The number of anilines is 1. The Labute approximate surface area is 117 Å². The van der Waals surface area contributed by atoms with Crippen LogP contribution in [0.4, 0.5) is 11.4 Å². The number of benzene rings is 2. The van der Waals surface area contributed by atoms with Crippen molar-refractivity contribution in [2.75, 3.05) is 5.48 Å². The zero-order valence-corrected chi connectivity index (χ0v) is 11.2. The molecule has 0 radical (unpaired) electrons. The zero-order chi connectivity index (χ0) is 13.7. The molecular formula is C12H9N2O3S2-. The Hall–Kier alpha value is -1.70. The van der Waals surface area contributed by atoms with Gasteiger partial charge in [0.1, 0.15) is 0 Å². The largest absolute Gasteiger partial charge is 0.761 e. The minimum Gasteiger partial charge on any atom is -0.761 e. The molecule has 0 atom stereocenters. The molecule has 2 aromatic rings. The molecule has 2 rings (SSSR count). The van der Waals surface area contributed by atoms with Crippen molar-refractivity contribution in [2.45, 2.75) is 9.79 Å². The third kappa shape index (κ3) is 3.88. The molecule has 0 heterocycles. The van der Waals surface area contributed by atoms with Gasteiger partial charge in [-0.25, -0.2) is 0 Å². The summed E-state index contributed by atoms with van der Waals surface area (Å²) in [4.78, 5) is 12.0. The van der Waals surface area contributed by atoms with Gasteiger partial charge in [0, 0.05) is 27.6 Å². The second-order valence-corrected chi connectivity index (χ2v) is 5.82. The van der Waals surface area contributed by atoms with Crippen LogP contribution >= 0.6 is 21.6 Å². The van der Waals surface area contributed by atoms with Crippen molar-refractivity contribution in [1.29, 1.82) is 0 Å². The molecule has 0 aromatic heterocycles. The Balaban J connectivity index is 1.95. The van der Waals surface area contributed by atoms with Gasteiger partial charge in [-0.1, -0.05) is 21.6 Å². The molecule has 0 amide bonds. The Morgan fingerprint density at radius 1 is 0.895 bits per heavy atom. The van der Waals surface area contributed by atoms with E-state index in [2.05, 4.69) is 0 Å². The quantitative estimate of drug-likeness (QED) is 0.503. The summed E-state index contributed by atoms with van der Waals surface area (Å²) in [7, 11) is 3.03. The lowest BCUT2D eigenvalue weighted by molar-refractivity contribution is -0.384. The summed E-state index contributed by atoms with van der Waals surface area (Å²) in [5.41, 5.74) is 2.42. The lowest BCUT2D eigenvalue weighted by Gasteiger charge is -2.09. The maximum Gasteiger partial charge on any atom is 0.269 e. The first-order chi connectivity index (χ1) is 9.19. The van der Waals surface area contributed by atoms with Crippen molar-refractivity contribution < 1.29 is 4.92 Å². The van der Waals surface area contributed by atoms with E-state index in [0.29, 0.717) is 5.69 Å². The summed E-state index contributed by atoms with van der Waals surface area (Å²) in [5.74, 6) is 0. The highest BCUT2D eigenvalue weighted by Gasteiger charge is 2.04. The third-order valence-electron chi connectivity index (χ3n) is 2.25. The molecule has 0 unspecified atom stereocenters. The number of hydrogen-bond donors (Lipinski definition) is 1. The molecule has 5 nitrogen and oxygen atoms in total. The van der Waals surface area contributed by atoms with Gasteiger partial charge in [0.05, 0.1) is 4.92 Å². The van der Waals surface area contributed by atoms with Crippen LogP contribution in [0, 0.1) is 15.3 Å². The predicted molar refractivity (Wildman–Crippen MR) is 78.2 cm³/mol. The van der Waals surface area contributed by atoms with E-state index in [1.807, 2.05) is 17.6 Å². The van der Waals surface area contributed by atoms with Crippen LogP contribution in [-0.4, -0.2) is 4.92 Å². The summed E-state index contributed by atoms with van der Waals surface area (Å²) < 4.78 is 0. The van der Waals surface area contributed by atoms with E-state index in [1.54, 1.807) is 24.3 Å². The molecule has 0 spiro atoms. The van der Waals surface area contributed by atoms with E-state index in [-0.39, 0.29) is 5.69 Å². The third-order valence-corrected chi connectivity index (χ3v) is 4.67. The molecule has 1 N–H and O–H groups in total. The highest BCUT2D eigenvalue weighted by atomic mass is 33.1. The topological polar surface area (TPSA) is 78.2 Å². The number of nitro benzene ring substituents is 1. The molecule has 19 heavy (non-hydrogen) atoms. The van der Waals surface area contributed by atoms with Gasteiger partial charge in [-0.05, 0) is 36.4 Å². The molecule has 0 saturated heterocycles. The maximum atomic E-state index is 10.5. The van der Waals surface area contributed by atoms with E-state index in [0.717, 1.165) is 9.79 Å². The van der Waals surface area contributed by atoms with Crippen LogP contribution in [-0.2, 0) is 0 Å². The number of nitrogens with one attached hydrogen (secondary N) is 1. The first-order valence-electron chi connectivity index (χ1n) is 5.26.